The Morgan fingerprint density at radius 1 is 1.09 bits per heavy atom. The third-order valence-corrected chi connectivity index (χ3v) is 7.40. The van der Waals surface area contributed by atoms with Crippen molar-refractivity contribution in [2.24, 2.45) is 0 Å². The Balaban J connectivity index is 1.67. The van der Waals surface area contributed by atoms with Crippen LogP contribution < -0.4 is 27.2 Å². The summed E-state index contributed by atoms with van der Waals surface area (Å²) in [6.07, 6.45) is 8.41. The smallest absolute Gasteiger partial charge is 0.330 e. The topological polar surface area (TPSA) is 151 Å². The Labute approximate surface area is 197 Å². The van der Waals surface area contributed by atoms with Gasteiger partial charge in [0, 0.05) is 12.6 Å². The van der Waals surface area contributed by atoms with Crippen molar-refractivity contribution in [3.05, 3.63) is 20.8 Å². The summed E-state index contributed by atoms with van der Waals surface area (Å²) in [4.78, 5) is 69.4. The maximum absolute atomic E-state index is 13.6. The Hall–Kier alpha value is -3.11. The molecule has 2 aliphatic carbocycles. The van der Waals surface area contributed by atoms with Gasteiger partial charge in [0.25, 0.3) is 11.5 Å². The fraction of sp³-hybridized carbons (Fsp3) is 0.696. The van der Waals surface area contributed by atoms with E-state index >= 15 is 0 Å². The molecule has 3 fully saturated rings. The number of aromatic amines is 1. The van der Waals surface area contributed by atoms with Gasteiger partial charge in [-0.05, 0) is 32.1 Å². The molecular formula is C23H34N6O5. The van der Waals surface area contributed by atoms with Crippen molar-refractivity contribution >= 4 is 29.4 Å². The molecule has 0 unspecified atom stereocenters. The number of nitrogens with one attached hydrogen (secondary N) is 2. The van der Waals surface area contributed by atoms with Gasteiger partial charge in [-0.3, -0.25) is 33.7 Å². The molecule has 3 aliphatic rings. The second-order valence-electron chi connectivity index (χ2n) is 9.66. The summed E-state index contributed by atoms with van der Waals surface area (Å²) >= 11 is 0. The number of hydrogen-bond donors (Lipinski definition) is 3. The lowest BCUT2D eigenvalue weighted by Crippen LogP contribution is -2.51. The van der Waals surface area contributed by atoms with Crippen LogP contribution in [0.3, 0.4) is 0 Å². The summed E-state index contributed by atoms with van der Waals surface area (Å²) in [6, 6.07) is -0.876. The molecule has 0 radical (unpaired) electrons. The van der Waals surface area contributed by atoms with Gasteiger partial charge < -0.3 is 11.1 Å². The van der Waals surface area contributed by atoms with Crippen molar-refractivity contribution in [1.29, 1.82) is 0 Å². The third-order valence-electron chi connectivity index (χ3n) is 7.40. The number of unbranched alkanes of at least 4 members (excludes halogenated alkanes) is 1. The van der Waals surface area contributed by atoms with E-state index in [2.05, 4.69) is 10.3 Å². The number of aromatic nitrogens is 2. The zero-order valence-corrected chi connectivity index (χ0v) is 19.7. The van der Waals surface area contributed by atoms with Crippen molar-refractivity contribution < 1.29 is 14.4 Å². The minimum absolute atomic E-state index is 0.0663. The van der Waals surface area contributed by atoms with Crippen molar-refractivity contribution in [1.82, 2.24) is 19.8 Å². The normalized spacial score (nSPS) is 20.2. The highest BCUT2D eigenvalue weighted by Crippen LogP contribution is 2.34. The highest BCUT2D eigenvalue weighted by atomic mass is 16.2. The van der Waals surface area contributed by atoms with E-state index in [1.54, 1.807) is 0 Å². The van der Waals surface area contributed by atoms with E-state index in [0.717, 1.165) is 43.4 Å². The molecule has 1 saturated heterocycles. The molecular weight excluding hydrogens is 440 g/mol. The van der Waals surface area contributed by atoms with Gasteiger partial charge in [-0.25, -0.2) is 9.59 Å². The summed E-state index contributed by atoms with van der Waals surface area (Å²) in [6.45, 7) is 1.81. The molecule has 1 aromatic rings. The lowest BCUT2D eigenvalue weighted by molar-refractivity contribution is -0.135. The monoisotopic (exact) mass is 474 g/mol. The van der Waals surface area contributed by atoms with E-state index in [0.29, 0.717) is 38.6 Å². The van der Waals surface area contributed by atoms with Crippen LogP contribution in [-0.2, 0) is 16.1 Å². The number of amides is 4. The molecule has 4 amide bonds. The van der Waals surface area contributed by atoms with E-state index in [1.165, 1.54) is 9.47 Å². The van der Waals surface area contributed by atoms with Crippen LogP contribution in [0.15, 0.2) is 9.59 Å². The van der Waals surface area contributed by atoms with Crippen LogP contribution in [0.2, 0.25) is 0 Å². The first-order valence-corrected chi connectivity index (χ1v) is 12.4. The number of carbonyl (C=O) groups is 3. The lowest BCUT2D eigenvalue weighted by atomic mass is 9.82. The van der Waals surface area contributed by atoms with Gasteiger partial charge >= 0.3 is 11.7 Å². The number of H-pyrrole nitrogens is 1. The summed E-state index contributed by atoms with van der Waals surface area (Å²) in [5, 5.41) is 2.81. The zero-order chi connectivity index (χ0) is 24.5. The minimum atomic E-state index is -0.933. The maximum atomic E-state index is 13.6. The number of nitrogens with two attached hydrogens (primary N) is 1. The largest absolute Gasteiger partial charge is 0.383 e. The molecule has 1 aliphatic heterocycles. The van der Waals surface area contributed by atoms with E-state index in [-0.39, 0.29) is 23.5 Å². The molecule has 4 rings (SSSR count). The van der Waals surface area contributed by atoms with E-state index in [1.807, 2.05) is 6.92 Å². The summed E-state index contributed by atoms with van der Waals surface area (Å²) in [5.41, 5.74) is 3.93. The number of nitrogen functional groups attached to an aromatic ring is 1. The van der Waals surface area contributed by atoms with Gasteiger partial charge in [-0.2, -0.15) is 0 Å². The molecule has 0 atom stereocenters. The van der Waals surface area contributed by atoms with Crippen LogP contribution in [0, 0.1) is 0 Å². The SMILES string of the molecule is CCCCn1c(N)c(N(C(=O)CN2C(=O)NC3(CCCCC3)C2=O)C2CCCC2)c(=O)[nH]c1=O. The average Bonchev–Trinajstić information content (AvgIpc) is 3.40. The maximum Gasteiger partial charge on any atom is 0.330 e. The third kappa shape index (κ3) is 4.23. The quantitative estimate of drug-likeness (QED) is 0.509. The molecule has 1 spiro atoms. The molecule has 34 heavy (non-hydrogen) atoms. The number of imide groups is 1. The van der Waals surface area contributed by atoms with Crippen molar-refractivity contribution in [3.63, 3.8) is 0 Å². The molecule has 2 heterocycles. The van der Waals surface area contributed by atoms with Crippen LogP contribution in [-0.4, -0.2) is 50.4 Å². The number of hydrogen-bond acceptors (Lipinski definition) is 6. The molecule has 4 N–H and O–H groups in total. The average molecular weight is 475 g/mol. The van der Waals surface area contributed by atoms with Crippen molar-refractivity contribution in [3.8, 4) is 0 Å². The zero-order valence-electron chi connectivity index (χ0n) is 19.7. The van der Waals surface area contributed by atoms with Crippen LogP contribution >= 0.6 is 0 Å². The second kappa shape index (κ2) is 9.63. The molecule has 11 nitrogen and oxygen atoms in total. The Kier molecular flexibility index (Phi) is 6.81. The molecule has 11 heteroatoms. The highest BCUT2D eigenvalue weighted by Gasteiger charge is 2.52. The van der Waals surface area contributed by atoms with Gasteiger partial charge in [-0.1, -0.05) is 45.4 Å². The predicted molar refractivity (Wildman–Crippen MR) is 126 cm³/mol. The number of urea groups is 1. The number of rotatable bonds is 7. The Bertz CT molecular complexity index is 1080. The lowest BCUT2D eigenvalue weighted by Gasteiger charge is -2.32. The van der Waals surface area contributed by atoms with Gasteiger partial charge in [0.2, 0.25) is 5.91 Å². The fourth-order valence-electron chi connectivity index (χ4n) is 5.55. The molecule has 0 aromatic carbocycles. The van der Waals surface area contributed by atoms with Gasteiger partial charge in [-0.15, -0.1) is 0 Å². The predicted octanol–water partition coefficient (Wildman–Crippen LogP) is 1.45. The van der Waals surface area contributed by atoms with Gasteiger partial charge in [0.15, 0.2) is 5.69 Å². The van der Waals surface area contributed by atoms with E-state index in [4.69, 9.17) is 5.73 Å². The number of anilines is 2. The highest BCUT2D eigenvalue weighted by molar-refractivity contribution is 6.10. The molecule has 0 bridgehead atoms. The van der Waals surface area contributed by atoms with Crippen LogP contribution in [0.1, 0.15) is 77.6 Å². The number of carbonyl (C=O) groups excluding carboxylic acids is 3. The number of nitrogens with zero attached hydrogens (tertiary/aromatic N) is 3. The van der Waals surface area contributed by atoms with Crippen LogP contribution in [0.5, 0.6) is 0 Å². The molecule has 186 valence electrons. The summed E-state index contributed by atoms with van der Waals surface area (Å²) in [5.74, 6) is -1.00. The van der Waals surface area contributed by atoms with Crippen LogP contribution in [0.25, 0.3) is 0 Å². The van der Waals surface area contributed by atoms with Gasteiger partial charge in [0.1, 0.15) is 17.9 Å². The van der Waals surface area contributed by atoms with Gasteiger partial charge in [0.05, 0.1) is 0 Å². The standard InChI is InChI=1S/C23H34N6O5/c1-2-3-13-27-18(24)17(19(31)25-21(27)33)29(15-9-5-6-10-15)16(30)14-28-20(32)23(26-22(28)34)11-7-4-8-12-23/h15H,2-14,24H2,1H3,(H,26,34)(H,25,31,33). The summed E-state index contributed by atoms with van der Waals surface area (Å²) < 4.78 is 1.28. The second-order valence-corrected chi connectivity index (χ2v) is 9.66. The van der Waals surface area contributed by atoms with Crippen LogP contribution in [0.4, 0.5) is 16.3 Å². The molecule has 1 aromatic heterocycles. The first-order valence-electron chi connectivity index (χ1n) is 12.4. The van der Waals surface area contributed by atoms with E-state index < -0.39 is 35.3 Å². The first kappa shape index (κ1) is 24.0. The van der Waals surface area contributed by atoms with Crippen molar-refractivity contribution in [2.45, 2.75) is 95.7 Å². The Morgan fingerprint density at radius 2 is 1.76 bits per heavy atom. The van der Waals surface area contributed by atoms with E-state index in [9.17, 15) is 24.0 Å². The summed E-state index contributed by atoms with van der Waals surface area (Å²) in [7, 11) is 0. The Morgan fingerprint density at radius 3 is 2.41 bits per heavy atom. The minimum Gasteiger partial charge on any atom is -0.383 e. The first-order chi connectivity index (χ1) is 16.3. The fourth-order valence-corrected chi connectivity index (χ4v) is 5.55. The van der Waals surface area contributed by atoms with Crippen molar-refractivity contribution in [2.75, 3.05) is 17.2 Å². The molecule has 2 saturated carbocycles.